The summed E-state index contributed by atoms with van der Waals surface area (Å²) in [4.78, 5) is 13.6. The molecule has 0 aliphatic carbocycles. The van der Waals surface area contributed by atoms with Gasteiger partial charge in [-0.1, -0.05) is 18.2 Å². The van der Waals surface area contributed by atoms with Gasteiger partial charge in [0.25, 0.3) is 0 Å². The molecule has 1 unspecified atom stereocenters. The van der Waals surface area contributed by atoms with Crippen LogP contribution in [0.15, 0.2) is 41.8 Å². The lowest BCUT2D eigenvalue weighted by molar-refractivity contribution is -0.123. The minimum atomic E-state index is -0.436. The van der Waals surface area contributed by atoms with E-state index in [0.717, 1.165) is 23.5 Å². The van der Waals surface area contributed by atoms with Gasteiger partial charge in [0.2, 0.25) is 5.91 Å². The molecule has 142 valence electrons. The number of aryl methyl sites for hydroxylation is 1. The van der Waals surface area contributed by atoms with Crippen LogP contribution >= 0.6 is 23.6 Å². The number of H-pyrrole nitrogens is 1. The van der Waals surface area contributed by atoms with Gasteiger partial charge in [-0.3, -0.25) is 14.5 Å². The number of nitrogens with zero attached hydrogens (tertiary/aromatic N) is 2. The summed E-state index contributed by atoms with van der Waals surface area (Å²) in [5.74, 6) is 1.47. The van der Waals surface area contributed by atoms with Crippen LogP contribution in [0, 0.1) is 4.77 Å². The Morgan fingerprint density at radius 1 is 1.37 bits per heavy atom. The zero-order chi connectivity index (χ0) is 19.2. The molecule has 3 rings (SSSR count). The van der Waals surface area contributed by atoms with Crippen molar-refractivity contribution in [1.82, 2.24) is 20.1 Å². The fourth-order valence-electron chi connectivity index (χ4n) is 2.80. The third kappa shape index (κ3) is 4.64. The number of methoxy groups -OCH3 is 1. The van der Waals surface area contributed by atoms with Crippen molar-refractivity contribution in [3.63, 3.8) is 0 Å². The van der Waals surface area contributed by atoms with Crippen LogP contribution in [-0.2, 0) is 11.2 Å². The molecule has 0 bridgehead atoms. The average molecular weight is 403 g/mol. The molecule has 2 N–H and O–H groups in total. The second-order valence-electron chi connectivity index (χ2n) is 6.12. The highest BCUT2D eigenvalue weighted by Crippen LogP contribution is 2.25. The van der Waals surface area contributed by atoms with Gasteiger partial charge in [-0.25, -0.2) is 0 Å². The summed E-state index contributed by atoms with van der Waals surface area (Å²) in [7, 11) is 1.65. The van der Waals surface area contributed by atoms with Crippen molar-refractivity contribution < 1.29 is 9.53 Å². The largest absolute Gasteiger partial charge is 0.497 e. The van der Waals surface area contributed by atoms with Crippen LogP contribution in [-0.4, -0.2) is 34.3 Å². The lowest BCUT2D eigenvalue weighted by atomic mass is 10.1. The van der Waals surface area contributed by atoms with Crippen LogP contribution in [0.3, 0.4) is 0 Å². The summed E-state index contributed by atoms with van der Waals surface area (Å²) in [6.45, 7) is 2.44. The maximum absolute atomic E-state index is 12.6. The normalized spacial score (nSPS) is 11.9. The number of thiophene rings is 1. The van der Waals surface area contributed by atoms with Gasteiger partial charge < -0.3 is 10.1 Å². The predicted molar refractivity (Wildman–Crippen MR) is 110 cm³/mol. The van der Waals surface area contributed by atoms with Gasteiger partial charge in [0.15, 0.2) is 10.6 Å². The Bertz CT molecular complexity index is 930. The number of carbonyl (C=O) groups is 1. The highest BCUT2D eigenvalue weighted by atomic mass is 32.1. The van der Waals surface area contributed by atoms with E-state index in [1.165, 1.54) is 5.56 Å². The number of ether oxygens (including phenoxy) is 1. The lowest BCUT2D eigenvalue weighted by Crippen LogP contribution is -2.32. The van der Waals surface area contributed by atoms with E-state index >= 15 is 0 Å². The van der Waals surface area contributed by atoms with Crippen LogP contribution in [0.4, 0.5) is 0 Å². The number of benzene rings is 1. The monoisotopic (exact) mass is 402 g/mol. The van der Waals surface area contributed by atoms with Gasteiger partial charge in [-0.05, 0) is 61.1 Å². The number of aromatic nitrogens is 3. The molecule has 0 fully saturated rings. The van der Waals surface area contributed by atoms with Crippen molar-refractivity contribution in [1.29, 1.82) is 0 Å². The van der Waals surface area contributed by atoms with Gasteiger partial charge in [-0.15, -0.1) is 11.3 Å². The van der Waals surface area contributed by atoms with Crippen molar-refractivity contribution in [3.8, 4) is 16.5 Å². The molecule has 0 saturated heterocycles. The molecule has 1 amide bonds. The summed E-state index contributed by atoms with van der Waals surface area (Å²) in [5.41, 5.74) is 1.22. The Kier molecular flexibility index (Phi) is 6.41. The maximum atomic E-state index is 12.6. The van der Waals surface area contributed by atoms with Gasteiger partial charge in [-0.2, -0.15) is 5.10 Å². The average Bonchev–Trinajstić information content (AvgIpc) is 3.34. The van der Waals surface area contributed by atoms with Gasteiger partial charge in [0.05, 0.1) is 12.0 Å². The van der Waals surface area contributed by atoms with E-state index in [9.17, 15) is 4.79 Å². The molecular weight excluding hydrogens is 380 g/mol. The minimum Gasteiger partial charge on any atom is -0.497 e. The molecule has 3 aromatic rings. The first-order valence-corrected chi connectivity index (χ1v) is 10.0. The quantitative estimate of drug-likeness (QED) is 0.441. The SMILES string of the molecule is COc1ccc(CCCNC(=O)C(C)n2c(-c3cccs3)n[nH]c2=S)cc1. The number of rotatable bonds is 8. The summed E-state index contributed by atoms with van der Waals surface area (Å²) in [6.07, 6.45) is 1.75. The topological polar surface area (TPSA) is 71.9 Å². The summed E-state index contributed by atoms with van der Waals surface area (Å²) >= 11 is 6.89. The van der Waals surface area contributed by atoms with E-state index in [1.807, 2.05) is 48.7 Å². The van der Waals surface area contributed by atoms with Crippen LogP contribution in [0.1, 0.15) is 24.9 Å². The second-order valence-corrected chi connectivity index (χ2v) is 7.45. The first-order chi connectivity index (χ1) is 13.1. The molecule has 0 spiro atoms. The molecule has 2 aromatic heterocycles. The zero-order valence-corrected chi connectivity index (χ0v) is 16.9. The molecule has 27 heavy (non-hydrogen) atoms. The van der Waals surface area contributed by atoms with Gasteiger partial charge >= 0.3 is 0 Å². The van der Waals surface area contributed by atoms with Crippen molar-refractivity contribution in [2.75, 3.05) is 13.7 Å². The van der Waals surface area contributed by atoms with Crippen molar-refractivity contribution >= 4 is 29.5 Å². The van der Waals surface area contributed by atoms with Crippen LogP contribution in [0.25, 0.3) is 10.7 Å². The Labute approximate surface area is 167 Å². The number of nitrogens with one attached hydrogen (secondary N) is 2. The number of aromatic amines is 1. The van der Waals surface area contributed by atoms with Crippen LogP contribution in [0.5, 0.6) is 5.75 Å². The first-order valence-electron chi connectivity index (χ1n) is 8.71. The molecule has 1 atom stereocenters. The molecule has 8 heteroatoms. The first kappa shape index (κ1) is 19.3. The van der Waals surface area contributed by atoms with Gasteiger partial charge in [0.1, 0.15) is 11.8 Å². The number of hydrogen-bond donors (Lipinski definition) is 2. The van der Waals surface area contributed by atoms with E-state index < -0.39 is 6.04 Å². The Morgan fingerprint density at radius 2 is 2.15 bits per heavy atom. The third-order valence-electron chi connectivity index (χ3n) is 4.31. The zero-order valence-electron chi connectivity index (χ0n) is 15.3. The van der Waals surface area contributed by atoms with E-state index in [0.29, 0.717) is 17.1 Å². The fraction of sp³-hybridized carbons (Fsp3) is 0.316. The van der Waals surface area contributed by atoms with E-state index in [-0.39, 0.29) is 5.91 Å². The van der Waals surface area contributed by atoms with E-state index in [1.54, 1.807) is 23.0 Å². The molecule has 0 aliphatic heterocycles. The Balaban J connectivity index is 1.55. The van der Waals surface area contributed by atoms with Crippen molar-refractivity contribution in [3.05, 3.63) is 52.1 Å². The van der Waals surface area contributed by atoms with Crippen molar-refractivity contribution in [2.45, 2.75) is 25.8 Å². The fourth-order valence-corrected chi connectivity index (χ4v) is 3.81. The lowest BCUT2D eigenvalue weighted by Gasteiger charge is -2.15. The van der Waals surface area contributed by atoms with E-state index in [4.69, 9.17) is 17.0 Å². The van der Waals surface area contributed by atoms with Crippen molar-refractivity contribution in [2.24, 2.45) is 0 Å². The second kappa shape index (κ2) is 8.96. The van der Waals surface area contributed by atoms with Gasteiger partial charge in [0, 0.05) is 6.54 Å². The molecule has 1 aromatic carbocycles. The summed E-state index contributed by atoms with van der Waals surface area (Å²) in [5, 5.41) is 12.0. The summed E-state index contributed by atoms with van der Waals surface area (Å²) in [6, 6.07) is 11.5. The molecule has 6 nitrogen and oxygen atoms in total. The molecular formula is C19H22N4O2S2. The van der Waals surface area contributed by atoms with E-state index in [2.05, 4.69) is 15.5 Å². The standard InChI is InChI=1S/C19H22N4O2S2/c1-13(23-17(21-22-19(23)26)16-6-4-12-27-16)18(24)20-11-3-5-14-7-9-15(25-2)10-8-14/h4,6-10,12-13H,3,5,11H2,1-2H3,(H,20,24)(H,22,26). The summed E-state index contributed by atoms with van der Waals surface area (Å²) < 4.78 is 7.37. The predicted octanol–water partition coefficient (Wildman–Crippen LogP) is 3.99. The maximum Gasteiger partial charge on any atom is 0.242 e. The third-order valence-corrected chi connectivity index (χ3v) is 5.47. The molecule has 0 saturated carbocycles. The number of carbonyl (C=O) groups excluding carboxylic acids is 1. The smallest absolute Gasteiger partial charge is 0.242 e. The van der Waals surface area contributed by atoms with Crippen LogP contribution < -0.4 is 10.1 Å². The highest BCUT2D eigenvalue weighted by molar-refractivity contribution is 7.71. The Morgan fingerprint density at radius 3 is 2.81 bits per heavy atom. The number of hydrogen-bond acceptors (Lipinski definition) is 5. The van der Waals surface area contributed by atoms with Crippen LogP contribution in [0.2, 0.25) is 0 Å². The number of amides is 1. The molecule has 0 aliphatic rings. The minimum absolute atomic E-state index is 0.0694. The molecule has 2 heterocycles. The Hall–Kier alpha value is -2.45. The highest BCUT2D eigenvalue weighted by Gasteiger charge is 2.20. The molecule has 0 radical (unpaired) electrons.